The van der Waals surface area contributed by atoms with Crippen molar-refractivity contribution in [3.8, 4) is 0 Å². The summed E-state index contributed by atoms with van der Waals surface area (Å²) in [5, 5.41) is 5.59. The Morgan fingerprint density at radius 2 is 1.81 bits per heavy atom. The highest BCUT2D eigenvalue weighted by Gasteiger charge is 2.51. The van der Waals surface area contributed by atoms with E-state index in [1.54, 1.807) is 24.4 Å². The molecule has 0 aromatic carbocycles. The fourth-order valence-corrected chi connectivity index (χ4v) is 5.94. The van der Waals surface area contributed by atoms with E-state index in [0.717, 1.165) is 17.8 Å². The zero-order valence-corrected chi connectivity index (χ0v) is 16.0. The van der Waals surface area contributed by atoms with Crippen LogP contribution < -0.4 is 10.6 Å². The molecule has 2 amide bonds. The number of hydrogen-bond acceptors (Lipinski definition) is 3. The van der Waals surface area contributed by atoms with Crippen molar-refractivity contribution in [3.63, 3.8) is 0 Å². The Balaban J connectivity index is 1.27. The van der Waals surface area contributed by atoms with E-state index in [-0.39, 0.29) is 23.7 Å². The van der Waals surface area contributed by atoms with Gasteiger partial charge >= 0.3 is 0 Å². The number of anilines is 1. The maximum Gasteiger partial charge on any atom is 0.243 e. The molecule has 27 heavy (non-hydrogen) atoms. The number of carbonyl (C=O) groups excluding carboxylic acids is 2. The van der Waals surface area contributed by atoms with Crippen molar-refractivity contribution < 1.29 is 9.59 Å². The fourth-order valence-electron chi connectivity index (χ4n) is 5.94. The maximum absolute atomic E-state index is 12.4. The molecule has 5 nitrogen and oxygen atoms in total. The minimum absolute atomic E-state index is 0.0751. The second-order valence-electron chi connectivity index (χ2n) is 8.83. The van der Waals surface area contributed by atoms with Gasteiger partial charge in [-0.05, 0) is 80.8 Å². The molecule has 1 aromatic rings. The number of aromatic nitrogens is 1. The summed E-state index contributed by atoms with van der Waals surface area (Å²) in [5.41, 5.74) is 1.51. The number of pyridine rings is 1. The largest absolute Gasteiger partial charge is 0.352 e. The highest BCUT2D eigenvalue weighted by atomic mass is 16.2. The van der Waals surface area contributed by atoms with E-state index in [2.05, 4.69) is 22.5 Å². The molecular formula is C22H29N3O2. The van der Waals surface area contributed by atoms with Crippen LogP contribution in [0, 0.1) is 23.2 Å². The van der Waals surface area contributed by atoms with Gasteiger partial charge in [0.15, 0.2) is 0 Å². The second kappa shape index (κ2) is 7.45. The van der Waals surface area contributed by atoms with Crippen LogP contribution in [0.15, 0.2) is 36.0 Å². The first-order valence-corrected chi connectivity index (χ1v) is 10.2. The first-order valence-electron chi connectivity index (χ1n) is 10.2. The summed E-state index contributed by atoms with van der Waals surface area (Å²) in [7, 11) is 0. The number of nitrogens with one attached hydrogen (secondary N) is 2. The van der Waals surface area contributed by atoms with Crippen LogP contribution in [0.4, 0.5) is 5.82 Å². The minimum atomic E-state index is -0.143. The number of hydrogen-bond donors (Lipinski definition) is 2. The van der Waals surface area contributed by atoms with Gasteiger partial charge in [0.2, 0.25) is 11.8 Å². The molecule has 0 radical (unpaired) electrons. The predicted molar refractivity (Wildman–Crippen MR) is 105 cm³/mol. The lowest BCUT2D eigenvalue weighted by molar-refractivity contribution is -0.117. The van der Waals surface area contributed by atoms with Crippen LogP contribution in [0.3, 0.4) is 0 Å². The average molecular weight is 367 g/mol. The topological polar surface area (TPSA) is 71.1 Å². The lowest BCUT2D eigenvalue weighted by Crippen LogP contribution is -2.46. The van der Waals surface area contributed by atoms with Gasteiger partial charge in [-0.2, -0.15) is 0 Å². The number of nitrogens with zero attached hydrogens (tertiary/aromatic N) is 1. The van der Waals surface area contributed by atoms with E-state index in [4.69, 9.17) is 0 Å². The summed E-state index contributed by atoms with van der Waals surface area (Å²) in [6.07, 6.45) is 11.7. The quantitative estimate of drug-likeness (QED) is 0.753. The minimum Gasteiger partial charge on any atom is -0.352 e. The molecule has 0 aliphatic heterocycles. The summed E-state index contributed by atoms with van der Waals surface area (Å²) in [6.45, 7) is 2.47. The molecule has 144 valence electrons. The average Bonchev–Trinajstić information content (AvgIpc) is 2.61. The van der Waals surface area contributed by atoms with E-state index in [0.29, 0.717) is 12.4 Å². The van der Waals surface area contributed by atoms with Crippen molar-refractivity contribution in [2.24, 2.45) is 23.2 Å². The standard InChI is InChI=1S/C22H29N3O2/c1-15(22-12-16-9-17(13-22)11-18(10-16)14-22)8-21(27)24-7-5-20(26)25-19-4-2-3-6-23-19/h2-4,6,8,16-18H,5,7,9-14H2,1H3,(H,24,27)(H,23,25,26)/b15-8+. The van der Waals surface area contributed by atoms with Crippen LogP contribution in [-0.2, 0) is 9.59 Å². The Kier molecular flexibility index (Phi) is 5.02. The van der Waals surface area contributed by atoms with Crippen molar-refractivity contribution in [3.05, 3.63) is 36.0 Å². The molecular weight excluding hydrogens is 338 g/mol. The number of amides is 2. The Morgan fingerprint density at radius 1 is 1.15 bits per heavy atom. The summed E-state index contributed by atoms with van der Waals surface area (Å²) >= 11 is 0. The van der Waals surface area contributed by atoms with Crippen molar-refractivity contribution in [1.82, 2.24) is 10.3 Å². The van der Waals surface area contributed by atoms with Crippen LogP contribution in [0.1, 0.15) is 51.9 Å². The van der Waals surface area contributed by atoms with Crippen molar-refractivity contribution in [1.29, 1.82) is 0 Å². The zero-order chi connectivity index (χ0) is 18.9. The van der Waals surface area contributed by atoms with Crippen LogP contribution in [-0.4, -0.2) is 23.3 Å². The monoisotopic (exact) mass is 367 g/mol. The Bertz CT molecular complexity index is 706. The van der Waals surface area contributed by atoms with Gasteiger partial charge in [-0.15, -0.1) is 0 Å². The van der Waals surface area contributed by atoms with E-state index < -0.39 is 0 Å². The fraction of sp³-hybridized carbons (Fsp3) is 0.591. The summed E-state index contributed by atoms with van der Waals surface area (Å²) < 4.78 is 0. The van der Waals surface area contributed by atoms with Gasteiger partial charge < -0.3 is 10.6 Å². The highest BCUT2D eigenvalue weighted by molar-refractivity contribution is 5.91. The molecule has 0 saturated heterocycles. The van der Waals surface area contributed by atoms with E-state index in [1.807, 2.05) is 6.07 Å². The van der Waals surface area contributed by atoms with Crippen molar-refractivity contribution in [2.45, 2.75) is 51.9 Å². The van der Waals surface area contributed by atoms with Crippen LogP contribution in [0.5, 0.6) is 0 Å². The highest BCUT2D eigenvalue weighted by Crippen LogP contribution is 2.62. The van der Waals surface area contributed by atoms with Gasteiger partial charge in [0.05, 0.1) is 0 Å². The number of rotatable bonds is 6. The Labute approximate surface area is 161 Å². The maximum atomic E-state index is 12.4. The predicted octanol–water partition coefficient (Wildman–Crippen LogP) is 3.69. The molecule has 4 aliphatic rings. The third-order valence-electron chi connectivity index (χ3n) is 6.81. The summed E-state index contributed by atoms with van der Waals surface area (Å²) in [5.74, 6) is 2.94. The smallest absolute Gasteiger partial charge is 0.243 e. The lowest BCUT2D eigenvalue weighted by atomic mass is 9.48. The molecule has 0 spiro atoms. The van der Waals surface area contributed by atoms with Crippen LogP contribution in [0.25, 0.3) is 0 Å². The summed E-state index contributed by atoms with van der Waals surface area (Å²) in [6, 6.07) is 5.37. The molecule has 0 unspecified atom stereocenters. The molecule has 5 heteroatoms. The molecule has 1 aromatic heterocycles. The Morgan fingerprint density at radius 3 is 2.41 bits per heavy atom. The molecule has 0 atom stereocenters. The van der Waals surface area contributed by atoms with Gasteiger partial charge in [0.1, 0.15) is 5.82 Å². The Hall–Kier alpha value is -2.17. The van der Waals surface area contributed by atoms with Gasteiger partial charge in [0, 0.05) is 25.2 Å². The number of carbonyl (C=O) groups is 2. The van der Waals surface area contributed by atoms with Gasteiger partial charge in [-0.1, -0.05) is 11.6 Å². The van der Waals surface area contributed by atoms with E-state index in [1.165, 1.54) is 44.1 Å². The first kappa shape index (κ1) is 18.2. The molecule has 2 N–H and O–H groups in total. The zero-order valence-electron chi connectivity index (χ0n) is 16.0. The van der Waals surface area contributed by atoms with Crippen LogP contribution in [0.2, 0.25) is 0 Å². The molecule has 5 rings (SSSR count). The normalized spacial score (nSPS) is 31.6. The van der Waals surface area contributed by atoms with Gasteiger partial charge in [-0.25, -0.2) is 4.98 Å². The number of allylic oxidation sites excluding steroid dienone is 1. The molecule has 4 fully saturated rings. The third kappa shape index (κ3) is 4.07. The second-order valence-corrected chi connectivity index (χ2v) is 8.83. The summed E-state index contributed by atoms with van der Waals surface area (Å²) in [4.78, 5) is 28.3. The molecule has 4 aliphatic carbocycles. The lowest BCUT2D eigenvalue weighted by Gasteiger charge is -2.57. The SMILES string of the molecule is C/C(=C\C(=O)NCCC(=O)Nc1ccccn1)C12CC3CC(CC(C3)C1)C2. The van der Waals surface area contributed by atoms with Crippen molar-refractivity contribution in [2.75, 3.05) is 11.9 Å². The molecule has 1 heterocycles. The van der Waals surface area contributed by atoms with E-state index >= 15 is 0 Å². The third-order valence-corrected chi connectivity index (χ3v) is 6.81. The van der Waals surface area contributed by atoms with Crippen LogP contribution >= 0.6 is 0 Å². The van der Waals surface area contributed by atoms with E-state index in [9.17, 15) is 9.59 Å². The first-order chi connectivity index (χ1) is 13.0. The van der Waals surface area contributed by atoms with Gasteiger partial charge in [0.25, 0.3) is 0 Å². The molecule has 4 saturated carbocycles. The van der Waals surface area contributed by atoms with Gasteiger partial charge in [-0.3, -0.25) is 9.59 Å². The molecule has 4 bridgehead atoms. The van der Waals surface area contributed by atoms with Crippen molar-refractivity contribution >= 4 is 17.6 Å².